The molecule has 1 aromatic heterocycles. The lowest BCUT2D eigenvalue weighted by Gasteiger charge is -2.15. The summed E-state index contributed by atoms with van der Waals surface area (Å²) >= 11 is 0. The smallest absolute Gasteiger partial charge is 0.278 e. The molecule has 2 N–H and O–H groups in total. The van der Waals surface area contributed by atoms with E-state index in [1.165, 1.54) is 18.4 Å². The lowest BCUT2D eigenvalue weighted by molar-refractivity contribution is -0.117. The van der Waals surface area contributed by atoms with Gasteiger partial charge in [-0.15, -0.1) is 0 Å². The van der Waals surface area contributed by atoms with E-state index in [9.17, 15) is 19.2 Å². The number of nitrogens with zero attached hydrogens (tertiary/aromatic N) is 2. The molecule has 35 heavy (non-hydrogen) atoms. The van der Waals surface area contributed by atoms with Crippen molar-refractivity contribution in [2.75, 3.05) is 10.6 Å². The van der Waals surface area contributed by atoms with Crippen LogP contribution in [0, 0.1) is 6.92 Å². The van der Waals surface area contributed by atoms with Gasteiger partial charge >= 0.3 is 0 Å². The highest BCUT2D eigenvalue weighted by molar-refractivity contribution is 5.96. The summed E-state index contributed by atoms with van der Waals surface area (Å²) in [5.74, 6) is -0.748. The molecule has 0 aliphatic carbocycles. The lowest BCUT2D eigenvalue weighted by Crippen LogP contribution is -2.30. The average Bonchev–Trinajstić information content (AvgIpc) is 2.82. The van der Waals surface area contributed by atoms with Gasteiger partial charge in [-0.3, -0.25) is 23.7 Å². The van der Waals surface area contributed by atoms with E-state index < -0.39 is 11.5 Å². The maximum Gasteiger partial charge on any atom is 0.278 e. The maximum absolute atomic E-state index is 13.6. The van der Waals surface area contributed by atoms with E-state index >= 15 is 0 Å². The Hall–Kier alpha value is -4.59. The van der Waals surface area contributed by atoms with Gasteiger partial charge in [0.25, 0.3) is 5.56 Å². The molecule has 8 nitrogen and oxygen atoms in total. The van der Waals surface area contributed by atoms with Gasteiger partial charge in [0.1, 0.15) is 12.2 Å². The van der Waals surface area contributed by atoms with Gasteiger partial charge in [0.2, 0.25) is 11.8 Å². The standard InChI is InChI=1S/C27H24N4O4/c1-16-8-13-22(28-18(3)33)21(14-16)26-27(35)31(24-7-5-4-6-23(24)30-26)15-25(34)29-20-11-9-19(10-12-20)17(2)32/h4-14H,15H2,1-3H3,(H,28,33)(H,29,34). The van der Waals surface area contributed by atoms with Crippen LogP contribution in [-0.4, -0.2) is 27.1 Å². The first-order chi connectivity index (χ1) is 16.7. The van der Waals surface area contributed by atoms with Crippen LogP contribution in [0.5, 0.6) is 0 Å². The third-order valence-electron chi connectivity index (χ3n) is 5.47. The summed E-state index contributed by atoms with van der Waals surface area (Å²) in [5, 5.41) is 5.52. The van der Waals surface area contributed by atoms with E-state index in [-0.39, 0.29) is 23.9 Å². The van der Waals surface area contributed by atoms with E-state index in [1.54, 1.807) is 60.7 Å². The van der Waals surface area contributed by atoms with Crippen LogP contribution in [-0.2, 0) is 16.1 Å². The molecule has 8 heteroatoms. The number of amides is 2. The van der Waals surface area contributed by atoms with Gasteiger partial charge in [-0.2, -0.15) is 0 Å². The van der Waals surface area contributed by atoms with E-state index in [1.807, 2.05) is 13.0 Å². The Balaban J connectivity index is 1.76. The Morgan fingerprint density at radius 1 is 0.914 bits per heavy atom. The number of ketones is 1. The first-order valence-electron chi connectivity index (χ1n) is 11.0. The van der Waals surface area contributed by atoms with Crippen LogP contribution in [0.25, 0.3) is 22.3 Å². The molecule has 0 radical (unpaired) electrons. The molecule has 176 valence electrons. The van der Waals surface area contributed by atoms with Gasteiger partial charge < -0.3 is 10.6 Å². The number of benzene rings is 3. The van der Waals surface area contributed by atoms with Crippen LogP contribution >= 0.6 is 0 Å². The highest BCUT2D eigenvalue weighted by Crippen LogP contribution is 2.27. The highest BCUT2D eigenvalue weighted by atomic mass is 16.2. The van der Waals surface area contributed by atoms with Gasteiger partial charge in [-0.25, -0.2) is 4.98 Å². The lowest BCUT2D eigenvalue weighted by atomic mass is 10.1. The number of aryl methyl sites for hydroxylation is 1. The minimum atomic E-state index is -0.456. The molecule has 0 spiro atoms. The van der Waals surface area contributed by atoms with Crippen molar-refractivity contribution in [2.45, 2.75) is 27.3 Å². The van der Waals surface area contributed by atoms with Crippen molar-refractivity contribution in [3.63, 3.8) is 0 Å². The number of hydrogen-bond acceptors (Lipinski definition) is 5. The zero-order valence-corrected chi connectivity index (χ0v) is 19.6. The molecule has 0 atom stereocenters. The van der Waals surface area contributed by atoms with Crippen molar-refractivity contribution >= 4 is 40.0 Å². The Morgan fingerprint density at radius 3 is 2.31 bits per heavy atom. The molecule has 0 aliphatic heterocycles. The summed E-state index contributed by atoms with van der Waals surface area (Å²) in [5.41, 5.74) is 3.61. The van der Waals surface area contributed by atoms with Gasteiger partial charge in [0.15, 0.2) is 5.78 Å². The molecule has 2 amide bonds. The fourth-order valence-electron chi connectivity index (χ4n) is 3.81. The number of carbonyl (C=O) groups excluding carboxylic acids is 3. The second-order valence-electron chi connectivity index (χ2n) is 8.25. The van der Waals surface area contributed by atoms with E-state index in [0.717, 1.165) is 5.56 Å². The monoisotopic (exact) mass is 468 g/mol. The molecule has 0 saturated carbocycles. The predicted molar refractivity (Wildman–Crippen MR) is 136 cm³/mol. The number of anilines is 2. The number of carbonyl (C=O) groups is 3. The van der Waals surface area contributed by atoms with Crippen molar-refractivity contribution in [2.24, 2.45) is 0 Å². The van der Waals surface area contributed by atoms with Crippen molar-refractivity contribution in [1.82, 2.24) is 9.55 Å². The summed E-state index contributed by atoms with van der Waals surface area (Å²) in [7, 11) is 0. The Labute approximate surface area is 201 Å². The first kappa shape index (κ1) is 23.6. The molecule has 0 saturated heterocycles. The number of aromatic nitrogens is 2. The minimum absolute atomic E-state index is 0.0694. The molecular weight excluding hydrogens is 444 g/mol. The van der Waals surface area contributed by atoms with Gasteiger partial charge in [0.05, 0.1) is 16.7 Å². The zero-order valence-electron chi connectivity index (χ0n) is 19.6. The van der Waals surface area contributed by atoms with Crippen molar-refractivity contribution in [1.29, 1.82) is 0 Å². The molecule has 1 heterocycles. The second kappa shape index (κ2) is 9.72. The largest absolute Gasteiger partial charge is 0.326 e. The summed E-state index contributed by atoms with van der Waals surface area (Å²) in [6, 6.07) is 18.9. The van der Waals surface area contributed by atoms with Crippen LogP contribution in [0.2, 0.25) is 0 Å². The summed E-state index contributed by atoms with van der Waals surface area (Å²) in [4.78, 5) is 54.3. The van der Waals surface area contributed by atoms with Crippen LogP contribution < -0.4 is 16.2 Å². The molecule has 0 unspecified atom stereocenters. The van der Waals surface area contributed by atoms with Crippen LogP contribution in [0.3, 0.4) is 0 Å². The second-order valence-corrected chi connectivity index (χ2v) is 8.25. The van der Waals surface area contributed by atoms with Crippen LogP contribution in [0.1, 0.15) is 29.8 Å². The molecule has 0 fully saturated rings. The maximum atomic E-state index is 13.6. The Morgan fingerprint density at radius 2 is 1.63 bits per heavy atom. The summed E-state index contributed by atoms with van der Waals surface area (Å²) in [6.07, 6.45) is 0. The third-order valence-corrected chi connectivity index (χ3v) is 5.47. The normalized spacial score (nSPS) is 10.7. The number of Topliss-reactive ketones (excluding diaryl/α,β-unsaturated/α-hetero) is 1. The average molecular weight is 469 g/mol. The van der Waals surface area contributed by atoms with Gasteiger partial charge in [-0.05, 0) is 62.4 Å². The van der Waals surface area contributed by atoms with E-state index in [0.29, 0.717) is 33.5 Å². The van der Waals surface area contributed by atoms with Gasteiger partial charge in [-0.1, -0.05) is 23.8 Å². The first-order valence-corrected chi connectivity index (χ1v) is 11.0. The number of nitrogens with one attached hydrogen (secondary N) is 2. The van der Waals surface area contributed by atoms with Crippen molar-refractivity contribution < 1.29 is 14.4 Å². The Bertz CT molecular complexity index is 1520. The van der Waals surface area contributed by atoms with Gasteiger partial charge in [0, 0.05) is 23.7 Å². The number of fused-ring (bicyclic) bond motifs is 1. The third kappa shape index (κ3) is 5.16. The van der Waals surface area contributed by atoms with E-state index in [4.69, 9.17) is 0 Å². The van der Waals surface area contributed by atoms with Crippen molar-refractivity contribution in [3.05, 3.63) is 88.2 Å². The molecular formula is C27H24N4O4. The summed E-state index contributed by atoms with van der Waals surface area (Å²) in [6.45, 7) is 4.50. The van der Waals surface area contributed by atoms with Crippen LogP contribution in [0.15, 0.2) is 71.5 Å². The number of hydrogen-bond donors (Lipinski definition) is 2. The van der Waals surface area contributed by atoms with E-state index in [2.05, 4.69) is 15.6 Å². The molecule has 0 aliphatic rings. The Kier molecular flexibility index (Phi) is 6.55. The summed E-state index contributed by atoms with van der Waals surface area (Å²) < 4.78 is 1.37. The molecule has 4 aromatic rings. The molecule has 0 bridgehead atoms. The predicted octanol–water partition coefficient (Wildman–Crippen LogP) is 4.17. The SMILES string of the molecule is CC(=O)Nc1ccc(C)cc1-c1nc2ccccc2n(CC(=O)Nc2ccc(C(C)=O)cc2)c1=O. The molecule has 3 aromatic carbocycles. The highest BCUT2D eigenvalue weighted by Gasteiger charge is 2.18. The number of para-hydroxylation sites is 2. The van der Waals surface area contributed by atoms with Crippen LogP contribution in [0.4, 0.5) is 11.4 Å². The fraction of sp³-hybridized carbons (Fsp3) is 0.148. The fourth-order valence-corrected chi connectivity index (χ4v) is 3.81. The topological polar surface area (TPSA) is 110 Å². The zero-order chi connectivity index (χ0) is 25.1. The molecule has 4 rings (SSSR count). The van der Waals surface area contributed by atoms with Crippen molar-refractivity contribution in [3.8, 4) is 11.3 Å². The number of rotatable bonds is 6. The minimum Gasteiger partial charge on any atom is -0.326 e. The quantitative estimate of drug-likeness (QED) is 0.413.